The Morgan fingerprint density at radius 1 is 1.24 bits per heavy atom. The van der Waals surface area contributed by atoms with Crippen LogP contribution in [0.4, 0.5) is 5.69 Å². The van der Waals surface area contributed by atoms with Crippen molar-refractivity contribution >= 4 is 5.69 Å². The molecule has 0 saturated carbocycles. The third-order valence-electron chi connectivity index (χ3n) is 4.13. The lowest BCUT2D eigenvalue weighted by atomic mass is 10.1. The lowest BCUT2D eigenvalue weighted by Crippen LogP contribution is -2.08. The molecule has 2 aromatic carbocycles. The second kappa shape index (κ2) is 5.49. The summed E-state index contributed by atoms with van der Waals surface area (Å²) in [6.45, 7) is 2.06. The van der Waals surface area contributed by atoms with Gasteiger partial charge in [0.15, 0.2) is 0 Å². The number of aryl methyl sites for hydroxylation is 2. The van der Waals surface area contributed by atoms with Gasteiger partial charge in [0.05, 0.1) is 24.8 Å². The topological polar surface area (TPSA) is 45.0 Å². The van der Waals surface area contributed by atoms with Crippen molar-refractivity contribution in [3.8, 4) is 11.8 Å². The number of nitrogens with zero attached hydrogens (tertiary/aromatic N) is 1. The lowest BCUT2D eigenvalue weighted by Gasteiger charge is -2.18. The average molecular weight is 278 g/mol. The van der Waals surface area contributed by atoms with Crippen molar-refractivity contribution in [1.29, 1.82) is 5.26 Å². The minimum atomic E-state index is 0.280. The summed E-state index contributed by atoms with van der Waals surface area (Å²) >= 11 is 0. The molecule has 0 aliphatic heterocycles. The van der Waals surface area contributed by atoms with Gasteiger partial charge < -0.3 is 10.1 Å². The highest BCUT2D eigenvalue weighted by Crippen LogP contribution is 2.36. The molecule has 0 spiro atoms. The van der Waals surface area contributed by atoms with E-state index in [1.807, 2.05) is 24.3 Å². The van der Waals surface area contributed by atoms with Crippen LogP contribution in [0.2, 0.25) is 0 Å². The zero-order valence-electron chi connectivity index (χ0n) is 12.3. The van der Waals surface area contributed by atoms with Gasteiger partial charge in [0.25, 0.3) is 0 Å². The Labute approximate surface area is 125 Å². The van der Waals surface area contributed by atoms with Crippen LogP contribution in [-0.4, -0.2) is 7.11 Å². The number of rotatable bonds is 3. The quantitative estimate of drug-likeness (QED) is 0.923. The first-order valence-corrected chi connectivity index (χ1v) is 7.15. The van der Waals surface area contributed by atoms with E-state index in [9.17, 15) is 0 Å². The Hall–Kier alpha value is -2.47. The summed E-state index contributed by atoms with van der Waals surface area (Å²) in [4.78, 5) is 0. The van der Waals surface area contributed by atoms with Crippen LogP contribution < -0.4 is 10.1 Å². The summed E-state index contributed by atoms with van der Waals surface area (Å²) in [5, 5.41) is 12.6. The summed E-state index contributed by atoms with van der Waals surface area (Å²) in [5.74, 6) is 0.893. The summed E-state index contributed by atoms with van der Waals surface area (Å²) in [5.41, 5.74) is 5.56. The molecule has 1 aliphatic carbocycles. The monoisotopic (exact) mass is 278 g/mol. The van der Waals surface area contributed by atoms with Crippen LogP contribution in [0.5, 0.6) is 5.75 Å². The summed E-state index contributed by atoms with van der Waals surface area (Å²) in [6.07, 6.45) is 2.15. The van der Waals surface area contributed by atoms with Gasteiger partial charge in [-0.1, -0.05) is 12.1 Å². The van der Waals surface area contributed by atoms with E-state index in [4.69, 9.17) is 10.00 Å². The van der Waals surface area contributed by atoms with E-state index in [1.165, 1.54) is 11.1 Å². The van der Waals surface area contributed by atoms with Gasteiger partial charge in [-0.05, 0) is 60.7 Å². The predicted octanol–water partition coefficient (Wildman–Crippen LogP) is 3.97. The Morgan fingerprint density at radius 3 is 2.86 bits per heavy atom. The third kappa shape index (κ3) is 2.57. The van der Waals surface area contributed by atoms with Crippen LogP contribution in [0, 0.1) is 18.3 Å². The molecule has 1 unspecified atom stereocenters. The average Bonchev–Trinajstić information content (AvgIpc) is 2.91. The maximum atomic E-state index is 9.05. The van der Waals surface area contributed by atoms with E-state index in [1.54, 1.807) is 7.11 Å². The maximum absolute atomic E-state index is 9.05. The van der Waals surface area contributed by atoms with Crippen LogP contribution in [-0.2, 0) is 6.42 Å². The predicted molar refractivity (Wildman–Crippen MR) is 83.6 cm³/mol. The molecular formula is C18H18N2O. The zero-order chi connectivity index (χ0) is 14.8. The number of nitrogens with one attached hydrogen (secondary N) is 1. The molecule has 0 aromatic heterocycles. The number of nitriles is 1. The Bertz CT molecular complexity index is 716. The minimum absolute atomic E-state index is 0.280. The number of benzene rings is 2. The normalized spacial score (nSPS) is 16.1. The molecule has 3 heteroatoms. The van der Waals surface area contributed by atoms with Crippen molar-refractivity contribution in [3.05, 3.63) is 58.7 Å². The molecule has 2 aromatic rings. The smallest absolute Gasteiger partial charge is 0.119 e. The van der Waals surface area contributed by atoms with Crippen LogP contribution in [0.3, 0.4) is 0 Å². The van der Waals surface area contributed by atoms with Gasteiger partial charge in [0.2, 0.25) is 0 Å². The van der Waals surface area contributed by atoms with Gasteiger partial charge in [-0.2, -0.15) is 5.26 Å². The number of hydrogen-bond donors (Lipinski definition) is 1. The van der Waals surface area contributed by atoms with Gasteiger partial charge in [0, 0.05) is 5.69 Å². The van der Waals surface area contributed by atoms with Crippen LogP contribution in [0.25, 0.3) is 0 Å². The van der Waals surface area contributed by atoms with Crippen molar-refractivity contribution in [2.75, 3.05) is 12.4 Å². The van der Waals surface area contributed by atoms with E-state index in [2.05, 4.69) is 30.4 Å². The highest BCUT2D eigenvalue weighted by atomic mass is 16.5. The van der Waals surface area contributed by atoms with Crippen molar-refractivity contribution < 1.29 is 4.74 Å². The molecule has 3 rings (SSSR count). The first-order chi connectivity index (χ1) is 10.2. The fraction of sp³-hybridized carbons (Fsp3) is 0.278. The standard InChI is InChI=1S/C18H18N2O/c1-12-3-4-13(11-19)9-18(12)20-17-8-6-14-5-7-15(21-2)10-16(14)17/h3-5,7,9-10,17,20H,6,8H2,1-2H3. The highest BCUT2D eigenvalue weighted by Gasteiger charge is 2.23. The van der Waals surface area contributed by atoms with Crippen molar-refractivity contribution in [3.63, 3.8) is 0 Å². The van der Waals surface area contributed by atoms with Crippen molar-refractivity contribution in [1.82, 2.24) is 0 Å². The highest BCUT2D eigenvalue weighted by molar-refractivity contribution is 5.57. The molecule has 1 aliphatic rings. The molecule has 0 saturated heterocycles. The summed E-state index contributed by atoms with van der Waals surface area (Å²) < 4.78 is 5.33. The molecule has 0 radical (unpaired) electrons. The van der Waals surface area contributed by atoms with Gasteiger partial charge in [-0.3, -0.25) is 0 Å². The molecule has 0 bridgehead atoms. The van der Waals surface area contributed by atoms with Gasteiger partial charge in [0.1, 0.15) is 5.75 Å². The van der Waals surface area contributed by atoms with E-state index >= 15 is 0 Å². The van der Waals surface area contributed by atoms with E-state index < -0.39 is 0 Å². The first kappa shape index (κ1) is 13.5. The number of fused-ring (bicyclic) bond motifs is 1. The first-order valence-electron chi connectivity index (χ1n) is 7.15. The molecule has 106 valence electrons. The summed E-state index contributed by atoms with van der Waals surface area (Å²) in [6, 6.07) is 14.5. The SMILES string of the molecule is COc1ccc2c(c1)C(Nc1cc(C#N)ccc1C)CC2. The second-order valence-electron chi connectivity index (χ2n) is 5.44. The molecule has 1 atom stereocenters. The van der Waals surface area contributed by atoms with Crippen molar-refractivity contribution in [2.45, 2.75) is 25.8 Å². The minimum Gasteiger partial charge on any atom is -0.497 e. The third-order valence-corrected chi connectivity index (χ3v) is 4.13. The second-order valence-corrected chi connectivity index (χ2v) is 5.44. The molecule has 21 heavy (non-hydrogen) atoms. The van der Waals surface area contributed by atoms with E-state index in [0.29, 0.717) is 5.56 Å². The van der Waals surface area contributed by atoms with Crippen molar-refractivity contribution in [2.24, 2.45) is 0 Å². The molecular weight excluding hydrogens is 260 g/mol. The zero-order valence-corrected chi connectivity index (χ0v) is 12.3. The number of methoxy groups -OCH3 is 1. The molecule has 1 N–H and O–H groups in total. The van der Waals surface area contributed by atoms with Gasteiger partial charge >= 0.3 is 0 Å². The lowest BCUT2D eigenvalue weighted by molar-refractivity contribution is 0.414. The number of hydrogen-bond acceptors (Lipinski definition) is 3. The van der Waals surface area contributed by atoms with E-state index in [0.717, 1.165) is 29.8 Å². The Morgan fingerprint density at radius 2 is 2.10 bits per heavy atom. The van der Waals surface area contributed by atoms with Crippen LogP contribution >= 0.6 is 0 Å². The van der Waals surface area contributed by atoms with Crippen LogP contribution in [0.1, 0.15) is 34.7 Å². The summed E-state index contributed by atoms with van der Waals surface area (Å²) in [7, 11) is 1.69. The van der Waals surface area contributed by atoms with Crippen LogP contribution in [0.15, 0.2) is 36.4 Å². The van der Waals surface area contributed by atoms with Gasteiger partial charge in [-0.15, -0.1) is 0 Å². The Kier molecular flexibility index (Phi) is 3.53. The maximum Gasteiger partial charge on any atom is 0.119 e. The number of anilines is 1. The van der Waals surface area contributed by atoms with Gasteiger partial charge in [-0.25, -0.2) is 0 Å². The fourth-order valence-corrected chi connectivity index (χ4v) is 2.89. The molecule has 3 nitrogen and oxygen atoms in total. The number of ether oxygens (including phenoxy) is 1. The fourth-order valence-electron chi connectivity index (χ4n) is 2.89. The molecule has 0 heterocycles. The Balaban J connectivity index is 1.90. The molecule has 0 amide bonds. The molecule has 0 fully saturated rings. The largest absolute Gasteiger partial charge is 0.497 e. The van der Waals surface area contributed by atoms with E-state index in [-0.39, 0.29) is 6.04 Å².